The number of benzene rings is 3. The van der Waals surface area contributed by atoms with Crippen LogP contribution in [0.1, 0.15) is 28.8 Å². The zero-order chi connectivity index (χ0) is 23.8. The first-order chi connectivity index (χ1) is 16.6. The normalized spacial score (nSPS) is 16.8. The second-order valence-electron chi connectivity index (χ2n) is 8.46. The number of anilines is 1. The molecule has 1 heterocycles. The lowest BCUT2D eigenvalue weighted by atomic mass is 10.0. The minimum Gasteiger partial charge on any atom is -0.489 e. The number of hydrazine groups is 1. The Morgan fingerprint density at radius 1 is 1.06 bits per heavy atom. The van der Waals surface area contributed by atoms with Gasteiger partial charge < -0.3 is 15.2 Å². The Labute approximate surface area is 205 Å². The summed E-state index contributed by atoms with van der Waals surface area (Å²) in [4.78, 5) is 12.5. The molecule has 1 saturated heterocycles. The van der Waals surface area contributed by atoms with E-state index in [4.69, 9.17) is 16.3 Å². The van der Waals surface area contributed by atoms with E-state index in [2.05, 4.69) is 27.9 Å². The molecule has 3 N–H and O–H groups in total. The average molecular weight is 480 g/mol. The summed E-state index contributed by atoms with van der Waals surface area (Å²) in [6.45, 7) is 1.44. The van der Waals surface area contributed by atoms with Crippen molar-refractivity contribution in [2.45, 2.75) is 31.4 Å². The van der Waals surface area contributed by atoms with Crippen molar-refractivity contribution in [2.75, 3.05) is 25.0 Å². The average Bonchev–Trinajstić information content (AvgIpc) is 3.31. The zero-order valence-electron chi connectivity index (χ0n) is 19.0. The topological polar surface area (TPSA) is 73.8 Å². The molecule has 1 aliphatic rings. The van der Waals surface area contributed by atoms with Crippen molar-refractivity contribution in [3.05, 3.63) is 95.0 Å². The fourth-order valence-corrected chi connectivity index (χ4v) is 4.22. The van der Waals surface area contributed by atoms with E-state index in [1.165, 1.54) is 5.56 Å². The Kier molecular flexibility index (Phi) is 8.55. The SMILES string of the molecule is O=C(Nc1ccccc1OCC(O)CNN1CCC[C@H]1Cc1ccc(Cl)cc1)c1ccccc1. The number of aliphatic hydroxyl groups is 1. The van der Waals surface area contributed by atoms with Gasteiger partial charge in [-0.15, -0.1) is 0 Å². The van der Waals surface area contributed by atoms with Crippen LogP contribution in [0.25, 0.3) is 0 Å². The number of ether oxygens (including phenoxy) is 1. The predicted molar refractivity (Wildman–Crippen MR) is 135 cm³/mol. The third-order valence-corrected chi connectivity index (χ3v) is 6.15. The number of hydrogen-bond donors (Lipinski definition) is 3. The first-order valence-electron chi connectivity index (χ1n) is 11.6. The minimum atomic E-state index is -0.699. The van der Waals surface area contributed by atoms with Gasteiger partial charge in [0, 0.05) is 29.7 Å². The molecule has 1 amide bonds. The molecule has 0 saturated carbocycles. The van der Waals surface area contributed by atoms with E-state index in [9.17, 15) is 9.90 Å². The highest BCUT2D eigenvalue weighted by Crippen LogP contribution is 2.25. The number of nitrogens with zero attached hydrogens (tertiary/aromatic N) is 1. The van der Waals surface area contributed by atoms with Crippen molar-refractivity contribution >= 4 is 23.2 Å². The van der Waals surface area contributed by atoms with Gasteiger partial charge in [-0.25, -0.2) is 5.01 Å². The standard InChI is InChI=1S/C27H30ClN3O3/c28-22-14-12-20(13-15-22)17-23-9-6-16-31(23)29-18-24(32)19-34-26-11-5-4-10-25(26)30-27(33)21-7-2-1-3-8-21/h1-5,7-8,10-15,23-24,29,32H,6,9,16-19H2,(H,30,33)/t23-,24?/m0/s1. The van der Waals surface area contributed by atoms with Crippen LogP contribution in [0.4, 0.5) is 5.69 Å². The van der Waals surface area contributed by atoms with E-state index >= 15 is 0 Å². The highest BCUT2D eigenvalue weighted by Gasteiger charge is 2.25. The molecule has 0 aliphatic carbocycles. The van der Waals surface area contributed by atoms with E-state index in [1.54, 1.807) is 24.3 Å². The Bertz CT molecular complexity index is 1060. The van der Waals surface area contributed by atoms with Gasteiger partial charge in [0.05, 0.1) is 5.69 Å². The molecular weight excluding hydrogens is 450 g/mol. The van der Waals surface area contributed by atoms with Crippen LogP contribution < -0.4 is 15.5 Å². The fraction of sp³-hybridized carbons (Fsp3) is 0.296. The van der Waals surface area contributed by atoms with Crippen LogP contribution in [0.15, 0.2) is 78.9 Å². The quantitative estimate of drug-likeness (QED) is 0.398. The summed E-state index contributed by atoms with van der Waals surface area (Å²) >= 11 is 6.00. The van der Waals surface area contributed by atoms with Crippen LogP contribution in [-0.4, -0.2) is 47.9 Å². The summed E-state index contributed by atoms with van der Waals surface area (Å²) in [5.74, 6) is 0.312. The number of hydrogen-bond acceptors (Lipinski definition) is 5. The lowest BCUT2D eigenvalue weighted by Crippen LogP contribution is -2.46. The van der Waals surface area contributed by atoms with E-state index in [0.717, 1.165) is 30.8 Å². The second-order valence-corrected chi connectivity index (χ2v) is 8.90. The van der Waals surface area contributed by atoms with Crippen LogP contribution >= 0.6 is 11.6 Å². The number of rotatable bonds is 10. The zero-order valence-corrected chi connectivity index (χ0v) is 19.7. The number of amides is 1. The van der Waals surface area contributed by atoms with Gasteiger partial charge in [0.25, 0.3) is 5.91 Å². The maximum atomic E-state index is 12.5. The van der Waals surface area contributed by atoms with Crippen molar-refractivity contribution in [1.82, 2.24) is 10.4 Å². The summed E-state index contributed by atoms with van der Waals surface area (Å²) in [5, 5.41) is 16.4. The third-order valence-electron chi connectivity index (χ3n) is 5.89. The van der Waals surface area contributed by atoms with Gasteiger partial charge in [-0.2, -0.15) is 0 Å². The molecule has 3 aromatic rings. The molecule has 1 unspecified atom stereocenters. The monoisotopic (exact) mass is 479 g/mol. The molecule has 6 nitrogen and oxygen atoms in total. The molecule has 2 atom stereocenters. The molecule has 0 aromatic heterocycles. The summed E-state index contributed by atoms with van der Waals surface area (Å²) < 4.78 is 5.85. The molecule has 1 fully saturated rings. The summed E-state index contributed by atoms with van der Waals surface area (Å²) in [6, 6.07) is 24.6. The number of halogens is 1. The van der Waals surface area contributed by atoms with Crippen LogP contribution in [-0.2, 0) is 6.42 Å². The summed E-state index contributed by atoms with van der Waals surface area (Å²) in [5.41, 5.74) is 5.76. The summed E-state index contributed by atoms with van der Waals surface area (Å²) in [7, 11) is 0. The lowest BCUT2D eigenvalue weighted by molar-refractivity contribution is 0.0712. The van der Waals surface area contributed by atoms with Crippen molar-refractivity contribution in [1.29, 1.82) is 0 Å². The van der Waals surface area contributed by atoms with Crippen molar-refractivity contribution in [3.63, 3.8) is 0 Å². The lowest BCUT2D eigenvalue weighted by Gasteiger charge is -2.27. The Morgan fingerprint density at radius 2 is 1.79 bits per heavy atom. The number of aliphatic hydroxyl groups excluding tert-OH is 1. The summed E-state index contributed by atoms with van der Waals surface area (Å²) in [6.07, 6.45) is 2.46. The van der Waals surface area contributed by atoms with Crippen LogP contribution in [0.2, 0.25) is 5.02 Å². The van der Waals surface area contributed by atoms with Gasteiger partial charge in [-0.05, 0) is 61.2 Å². The van der Waals surface area contributed by atoms with E-state index in [1.807, 2.05) is 42.5 Å². The maximum absolute atomic E-state index is 12.5. The van der Waals surface area contributed by atoms with Gasteiger partial charge in [0.2, 0.25) is 0 Å². The number of carbonyl (C=O) groups excluding carboxylic acids is 1. The third kappa shape index (κ3) is 6.81. The maximum Gasteiger partial charge on any atom is 0.255 e. The largest absolute Gasteiger partial charge is 0.489 e. The van der Waals surface area contributed by atoms with Gasteiger partial charge >= 0.3 is 0 Å². The van der Waals surface area contributed by atoms with Crippen LogP contribution in [0, 0.1) is 0 Å². The second kappa shape index (κ2) is 12.0. The molecule has 4 rings (SSSR count). The van der Waals surface area contributed by atoms with Gasteiger partial charge in [-0.1, -0.05) is 54.1 Å². The highest BCUT2D eigenvalue weighted by atomic mass is 35.5. The molecule has 1 aliphatic heterocycles. The molecule has 0 spiro atoms. The first kappa shape index (κ1) is 24.2. The smallest absolute Gasteiger partial charge is 0.255 e. The molecular formula is C27H30ClN3O3. The minimum absolute atomic E-state index is 0.112. The Hall–Kier alpha value is -2.90. The molecule has 3 aromatic carbocycles. The Balaban J connectivity index is 1.26. The molecule has 178 valence electrons. The number of para-hydroxylation sites is 2. The van der Waals surface area contributed by atoms with Crippen molar-refractivity contribution in [3.8, 4) is 5.75 Å². The number of carbonyl (C=O) groups is 1. The van der Waals surface area contributed by atoms with Crippen LogP contribution in [0.5, 0.6) is 5.75 Å². The van der Waals surface area contributed by atoms with Crippen molar-refractivity contribution < 1.29 is 14.6 Å². The number of nitrogens with one attached hydrogen (secondary N) is 2. The predicted octanol–water partition coefficient (Wildman–Crippen LogP) is 4.54. The van der Waals surface area contributed by atoms with Gasteiger partial charge in [0.15, 0.2) is 0 Å². The Morgan fingerprint density at radius 3 is 2.59 bits per heavy atom. The first-order valence-corrected chi connectivity index (χ1v) is 12.0. The molecule has 0 radical (unpaired) electrons. The van der Waals surface area contributed by atoms with E-state index in [0.29, 0.717) is 29.6 Å². The van der Waals surface area contributed by atoms with Gasteiger partial charge in [-0.3, -0.25) is 10.2 Å². The molecule has 7 heteroatoms. The molecule has 34 heavy (non-hydrogen) atoms. The van der Waals surface area contributed by atoms with E-state index in [-0.39, 0.29) is 12.5 Å². The van der Waals surface area contributed by atoms with E-state index < -0.39 is 6.10 Å². The van der Waals surface area contributed by atoms with Crippen molar-refractivity contribution in [2.24, 2.45) is 0 Å². The van der Waals surface area contributed by atoms with Crippen LogP contribution in [0.3, 0.4) is 0 Å². The van der Waals surface area contributed by atoms with Gasteiger partial charge in [0.1, 0.15) is 18.5 Å². The molecule has 0 bridgehead atoms. The fourth-order valence-electron chi connectivity index (χ4n) is 4.10. The highest BCUT2D eigenvalue weighted by molar-refractivity contribution is 6.30.